The van der Waals surface area contributed by atoms with Crippen molar-refractivity contribution in [1.29, 1.82) is 0 Å². The van der Waals surface area contributed by atoms with Crippen LogP contribution in [0, 0.1) is 0 Å². The Morgan fingerprint density at radius 2 is 0.694 bits per heavy atom. The zero-order valence-electron chi connectivity index (χ0n) is 26.9. The Morgan fingerprint density at radius 1 is 0.286 bits per heavy atom. The maximum Gasteiger partial charge on any atom is 0.257 e. The summed E-state index contributed by atoms with van der Waals surface area (Å²) in [5.74, 6) is 0. The quantitative estimate of drug-likeness (QED) is 0.131. The van der Waals surface area contributed by atoms with Gasteiger partial charge in [0.25, 0.3) is 8.24 Å². The predicted molar refractivity (Wildman–Crippen MR) is 211 cm³/mol. The molecule has 0 saturated heterocycles. The van der Waals surface area contributed by atoms with E-state index in [4.69, 9.17) is 0 Å². The van der Waals surface area contributed by atoms with Crippen molar-refractivity contribution in [3.05, 3.63) is 194 Å². The van der Waals surface area contributed by atoms with Crippen LogP contribution in [-0.4, -0.2) is 17.0 Å². The minimum absolute atomic E-state index is 1.18. The number of para-hydroxylation sites is 3. The number of rotatable bonds is 5. The Bertz CT molecular complexity index is 2700. The van der Waals surface area contributed by atoms with E-state index in [2.05, 4.69) is 203 Å². The van der Waals surface area contributed by atoms with Crippen LogP contribution in [0.15, 0.2) is 194 Å². The van der Waals surface area contributed by atoms with Gasteiger partial charge in [-0.05, 0) is 62.7 Å². The summed E-state index contributed by atoms with van der Waals surface area (Å²) in [6.45, 7) is 0. The van der Waals surface area contributed by atoms with Crippen molar-refractivity contribution in [1.82, 2.24) is 8.80 Å². The first kappa shape index (κ1) is 27.9. The highest BCUT2D eigenvalue weighted by Gasteiger charge is 2.44. The summed E-state index contributed by atoms with van der Waals surface area (Å²) in [5, 5.41) is 11.8. The third-order valence-corrected chi connectivity index (χ3v) is 15.1. The van der Waals surface area contributed by atoms with E-state index in [1.807, 2.05) is 0 Å². The molecule has 0 fully saturated rings. The molecule has 230 valence electrons. The average Bonchev–Trinajstić information content (AvgIpc) is 3.71. The van der Waals surface area contributed by atoms with Crippen LogP contribution in [0.3, 0.4) is 0 Å². The molecule has 0 unspecified atom stereocenters. The summed E-state index contributed by atoms with van der Waals surface area (Å²) in [6, 6.07) is 71.8. The minimum Gasteiger partial charge on any atom is -0.355 e. The van der Waals surface area contributed by atoms with Crippen molar-refractivity contribution in [2.45, 2.75) is 0 Å². The lowest BCUT2D eigenvalue weighted by atomic mass is 9.99. The molecule has 0 spiro atoms. The van der Waals surface area contributed by atoms with Crippen molar-refractivity contribution in [3.8, 4) is 5.69 Å². The topological polar surface area (TPSA) is 9.86 Å². The zero-order valence-corrected chi connectivity index (χ0v) is 27.9. The first-order chi connectivity index (χ1) is 24.4. The Hall–Kier alpha value is -6.16. The molecule has 2 aromatic heterocycles. The minimum atomic E-state index is -2.89. The van der Waals surface area contributed by atoms with Gasteiger partial charge in [0.1, 0.15) is 0 Å². The molecule has 2 nitrogen and oxygen atoms in total. The second-order valence-corrected chi connectivity index (χ2v) is 16.5. The number of nitrogens with zero attached hydrogens (tertiary/aromatic N) is 2. The monoisotopic (exact) mass is 640 g/mol. The van der Waals surface area contributed by atoms with E-state index in [-0.39, 0.29) is 0 Å². The first-order valence-electron chi connectivity index (χ1n) is 17.0. The number of hydrogen-bond donors (Lipinski definition) is 0. The summed E-state index contributed by atoms with van der Waals surface area (Å²) < 4.78 is 5.16. The predicted octanol–water partition coefficient (Wildman–Crippen LogP) is 9.56. The van der Waals surface area contributed by atoms with Crippen molar-refractivity contribution >= 4 is 78.2 Å². The molecular formula is C46H32N2Si. The third kappa shape index (κ3) is 3.94. The lowest BCUT2D eigenvalue weighted by molar-refractivity contribution is 1.18. The number of aromatic nitrogens is 2. The maximum absolute atomic E-state index is 2.89. The molecule has 10 aromatic rings. The molecule has 0 aliphatic carbocycles. The number of fused-ring (bicyclic) bond motifs is 9. The Kier molecular flexibility index (Phi) is 6.23. The van der Waals surface area contributed by atoms with E-state index in [0.717, 1.165) is 0 Å². The van der Waals surface area contributed by atoms with Gasteiger partial charge in [-0.2, -0.15) is 0 Å². The highest BCUT2D eigenvalue weighted by Crippen LogP contribution is 2.42. The van der Waals surface area contributed by atoms with E-state index in [9.17, 15) is 0 Å². The first-order valence-corrected chi connectivity index (χ1v) is 18.9. The van der Waals surface area contributed by atoms with E-state index in [1.165, 1.54) is 75.6 Å². The average molecular weight is 641 g/mol. The fraction of sp³-hybridized carbons (Fsp3) is 0. The summed E-state index contributed by atoms with van der Waals surface area (Å²) in [7, 11) is -2.89. The van der Waals surface area contributed by atoms with Crippen molar-refractivity contribution in [3.63, 3.8) is 0 Å². The Balaban J connectivity index is 1.40. The third-order valence-electron chi connectivity index (χ3n) is 10.4. The van der Waals surface area contributed by atoms with E-state index in [0.29, 0.717) is 0 Å². The lowest BCUT2D eigenvalue weighted by Crippen LogP contribution is -2.72. The SMILES string of the molecule is c1ccc(-n2c3ccccc3c3c4ccc5c(c4ccc32)c2ccccc2n5[Si](c2ccccc2)(c2ccccc2)c2ccccc2)cc1. The summed E-state index contributed by atoms with van der Waals surface area (Å²) in [4.78, 5) is 0. The van der Waals surface area contributed by atoms with Gasteiger partial charge in [0, 0.05) is 38.3 Å². The van der Waals surface area contributed by atoms with Gasteiger partial charge in [0.05, 0.1) is 11.0 Å². The van der Waals surface area contributed by atoms with Gasteiger partial charge < -0.3 is 8.80 Å². The van der Waals surface area contributed by atoms with Gasteiger partial charge >= 0.3 is 0 Å². The molecule has 8 aromatic carbocycles. The van der Waals surface area contributed by atoms with Gasteiger partial charge in [0.15, 0.2) is 0 Å². The van der Waals surface area contributed by atoms with Gasteiger partial charge in [0.2, 0.25) is 0 Å². The fourth-order valence-corrected chi connectivity index (χ4v) is 13.4. The van der Waals surface area contributed by atoms with Crippen LogP contribution >= 0.6 is 0 Å². The second kappa shape index (κ2) is 10.9. The second-order valence-electron chi connectivity index (χ2n) is 12.9. The summed E-state index contributed by atoms with van der Waals surface area (Å²) in [6.07, 6.45) is 0. The normalized spacial score (nSPS) is 12.1. The van der Waals surface area contributed by atoms with Crippen LogP contribution < -0.4 is 15.6 Å². The molecule has 0 radical (unpaired) electrons. The van der Waals surface area contributed by atoms with Crippen LogP contribution in [0.2, 0.25) is 0 Å². The molecular weight excluding hydrogens is 609 g/mol. The molecule has 0 aliphatic rings. The van der Waals surface area contributed by atoms with Gasteiger partial charge in [-0.15, -0.1) is 0 Å². The van der Waals surface area contributed by atoms with Crippen molar-refractivity contribution in [2.24, 2.45) is 0 Å². The molecule has 0 aliphatic heterocycles. The van der Waals surface area contributed by atoms with E-state index in [1.54, 1.807) is 0 Å². The smallest absolute Gasteiger partial charge is 0.257 e. The Labute approximate surface area is 285 Å². The van der Waals surface area contributed by atoms with Crippen LogP contribution in [0.25, 0.3) is 60.1 Å². The molecule has 0 atom stereocenters. The van der Waals surface area contributed by atoms with Crippen molar-refractivity contribution in [2.75, 3.05) is 0 Å². The molecule has 0 saturated carbocycles. The van der Waals surface area contributed by atoms with Crippen molar-refractivity contribution < 1.29 is 0 Å². The lowest BCUT2D eigenvalue weighted by Gasteiger charge is -2.36. The number of benzene rings is 8. The van der Waals surface area contributed by atoms with Gasteiger partial charge in [-0.1, -0.05) is 158 Å². The molecule has 49 heavy (non-hydrogen) atoms. The van der Waals surface area contributed by atoms with Gasteiger partial charge in [-0.25, -0.2) is 0 Å². The molecule has 0 amide bonds. The molecule has 3 heteroatoms. The standard InChI is InChI=1S/C46H32N2Si/c1-5-17-33(18-6-1)47-41-27-15-13-25-39(41)45-37-30-32-44-46(38(37)29-31-43(45)47)40-26-14-16-28-42(40)48(44)49(34-19-7-2-8-20-34,35-21-9-3-10-22-35)36-23-11-4-12-24-36/h1-32H. The molecule has 10 rings (SSSR count). The largest absolute Gasteiger partial charge is 0.355 e. The van der Waals surface area contributed by atoms with Crippen LogP contribution in [-0.2, 0) is 0 Å². The van der Waals surface area contributed by atoms with Crippen LogP contribution in [0.1, 0.15) is 0 Å². The highest BCUT2D eigenvalue weighted by atomic mass is 28.3. The fourth-order valence-electron chi connectivity index (χ4n) is 8.48. The Morgan fingerprint density at radius 3 is 1.24 bits per heavy atom. The zero-order chi connectivity index (χ0) is 32.4. The maximum atomic E-state index is 2.74. The molecule has 0 N–H and O–H groups in total. The van der Waals surface area contributed by atoms with Crippen LogP contribution in [0.5, 0.6) is 0 Å². The van der Waals surface area contributed by atoms with Crippen LogP contribution in [0.4, 0.5) is 0 Å². The number of hydrogen-bond acceptors (Lipinski definition) is 0. The summed E-state index contributed by atoms with van der Waals surface area (Å²) >= 11 is 0. The van der Waals surface area contributed by atoms with E-state index >= 15 is 0 Å². The van der Waals surface area contributed by atoms with Gasteiger partial charge in [-0.3, -0.25) is 0 Å². The van der Waals surface area contributed by atoms with E-state index < -0.39 is 8.24 Å². The highest BCUT2D eigenvalue weighted by molar-refractivity contribution is 7.11. The summed E-state index contributed by atoms with van der Waals surface area (Å²) in [5.41, 5.74) is 6.16. The molecule has 0 bridgehead atoms. The molecule has 2 heterocycles.